The zero-order valence-corrected chi connectivity index (χ0v) is 11.0. The molecule has 0 spiro atoms. The third-order valence-corrected chi connectivity index (χ3v) is 3.18. The van der Waals surface area contributed by atoms with E-state index in [1.807, 2.05) is 19.9 Å². The Labute approximate surface area is 110 Å². The lowest BCUT2D eigenvalue weighted by Crippen LogP contribution is -2.02. The molecule has 0 saturated heterocycles. The van der Waals surface area contributed by atoms with Crippen LogP contribution in [0.15, 0.2) is 18.2 Å². The number of aromatic nitrogens is 2. The molecule has 0 bridgehead atoms. The lowest BCUT2D eigenvalue weighted by atomic mass is 10.1. The van der Waals surface area contributed by atoms with Crippen molar-refractivity contribution in [1.29, 1.82) is 0 Å². The van der Waals surface area contributed by atoms with Crippen LogP contribution >= 0.6 is 23.2 Å². The number of benzene rings is 1. The van der Waals surface area contributed by atoms with E-state index >= 15 is 0 Å². The Kier molecular flexibility index (Phi) is 3.22. The molecule has 17 heavy (non-hydrogen) atoms. The van der Waals surface area contributed by atoms with Gasteiger partial charge in [-0.05, 0) is 31.5 Å². The largest absolute Gasteiger partial charge is 0.383 e. The van der Waals surface area contributed by atoms with E-state index in [1.165, 1.54) is 0 Å². The van der Waals surface area contributed by atoms with Gasteiger partial charge in [0.05, 0.1) is 15.7 Å². The zero-order valence-electron chi connectivity index (χ0n) is 9.46. The number of hydrogen-bond donors (Lipinski definition) is 1. The Morgan fingerprint density at radius 2 is 1.76 bits per heavy atom. The number of nitrogens with zero attached hydrogens (tertiary/aromatic N) is 2. The molecule has 0 radical (unpaired) electrons. The highest BCUT2D eigenvalue weighted by Crippen LogP contribution is 2.32. The molecule has 2 rings (SSSR count). The maximum absolute atomic E-state index is 5.99. The van der Waals surface area contributed by atoms with E-state index < -0.39 is 0 Å². The van der Waals surface area contributed by atoms with Crippen LogP contribution in [-0.4, -0.2) is 9.97 Å². The first-order valence-corrected chi connectivity index (χ1v) is 5.81. The number of halogens is 2. The molecule has 0 unspecified atom stereocenters. The van der Waals surface area contributed by atoms with Gasteiger partial charge in [-0.25, -0.2) is 9.97 Å². The highest BCUT2D eigenvalue weighted by Gasteiger charge is 2.11. The van der Waals surface area contributed by atoms with Crippen molar-refractivity contribution in [2.75, 3.05) is 5.73 Å². The van der Waals surface area contributed by atoms with Gasteiger partial charge < -0.3 is 5.73 Å². The lowest BCUT2D eigenvalue weighted by Gasteiger charge is -2.10. The van der Waals surface area contributed by atoms with Crippen LogP contribution in [0.4, 0.5) is 5.82 Å². The molecule has 0 aliphatic carbocycles. The monoisotopic (exact) mass is 267 g/mol. The number of rotatable bonds is 1. The standard InChI is InChI=1S/C12H11Cl2N3/c1-6-11(12(15)17-7(2)16-6)8-3-4-9(13)10(14)5-8/h3-5H,1-2H3,(H2,15,16,17). The van der Waals surface area contributed by atoms with E-state index in [9.17, 15) is 0 Å². The minimum absolute atomic E-state index is 0.452. The van der Waals surface area contributed by atoms with Gasteiger partial charge >= 0.3 is 0 Å². The summed E-state index contributed by atoms with van der Waals surface area (Å²) in [7, 11) is 0. The van der Waals surface area contributed by atoms with Gasteiger partial charge in [-0.15, -0.1) is 0 Å². The lowest BCUT2D eigenvalue weighted by molar-refractivity contribution is 1.02. The molecule has 1 aromatic heterocycles. The van der Waals surface area contributed by atoms with Gasteiger partial charge in [-0.2, -0.15) is 0 Å². The first-order valence-electron chi connectivity index (χ1n) is 5.05. The van der Waals surface area contributed by atoms with Crippen molar-refractivity contribution in [2.24, 2.45) is 0 Å². The fraction of sp³-hybridized carbons (Fsp3) is 0.167. The van der Waals surface area contributed by atoms with Crippen LogP contribution in [0.5, 0.6) is 0 Å². The van der Waals surface area contributed by atoms with E-state index in [0.29, 0.717) is 21.7 Å². The summed E-state index contributed by atoms with van der Waals surface area (Å²) in [6.07, 6.45) is 0. The second kappa shape index (κ2) is 4.51. The second-order valence-electron chi connectivity index (χ2n) is 3.75. The minimum Gasteiger partial charge on any atom is -0.383 e. The molecule has 0 amide bonds. The Morgan fingerprint density at radius 3 is 2.35 bits per heavy atom. The third-order valence-electron chi connectivity index (χ3n) is 2.44. The van der Waals surface area contributed by atoms with Crippen LogP contribution in [0.2, 0.25) is 10.0 Å². The summed E-state index contributed by atoms with van der Waals surface area (Å²) < 4.78 is 0. The Bertz CT molecular complexity index is 559. The molecule has 1 aromatic carbocycles. The predicted molar refractivity (Wildman–Crippen MR) is 71.4 cm³/mol. The molecule has 2 aromatic rings. The predicted octanol–water partition coefficient (Wildman–Crippen LogP) is 3.65. The molecule has 0 fully saturated rings. The SMILES string of the molecule is Cc1nc(C)c(-c2ccc(Cl)c(Cl)c2)c(N)n1. The van der Waals surface area contributed by atoms with Gasteiger partial charge in [0.2, 0.25) is 0 Å². The molecular weight excluding hydrogens is 257 g/mol. The smallest absolute Gasteiger partial charge is 0.135 e. The normalized spacial score (nSPS) is 10.6. The Hall–Kier alpha value is -1.32. The van der Waals surface area contributed by atoms with Crippen molar-refractivity contribution >= 4 is 29.0 Å². The molecule has 5 heteroatoms. The highest BCUT2D eigenvalue weighted by atomic mass is 35.5. The number of nitrogens with two attached hydrogens (primary N) is 1. The molecule has 1 heterocycles. The van der Waals surface area contributed by atoms with Gasteiger partial charge in [0.25, 0.3) is 0 Å². The average molecular weight is 268 g/mol. The van der Waals surface area contributed by atoms with E-state index in [0.717, 1.165) is 16.8 Å². The first kappa shape index (κ1) is 12.1. The average Bonchev–Trinajstić information content (AvgIpc) is 2.21. The van der Waals surface area contributed by atoms with Crippen LogP contribution in [0.3, 0.4) is 0 Å². The molecule has 88 valence electrons. The summed E-state index contributed by atoms with van der Waals surface area (Å²) >= 11 is 11.9. The summed E-state index contributed by atoms with van der Waals surface area (Å²) in [5, 5.41) is 1.00. The first-order chi connectivity index (χ1) is 7.99. The summed E-state index contributed by atoms with van der Waals surface area (Å²) in [5.41, 5.74) is 8.41. The quantitative estimate of drug-likeness (QED) is 0.858. The van der Waals surface area contributed by atoms with Gasteiger partial charge in [-0.3, -0.25) is 0 Å². The summed E-state index contributed by atoms with van der Waals surface area (Å²) in [5.74, 6) is 1.11. The number of hydrogen-bond acceptors (Lipinski definition) is 3. The van der Waals surface area contributed by atoms with Crippen LogP contribution in [-0.2, 0) is 0 Å². The zero-order chi connectivity index (χ0) is 12.6. The van der Waals surface area contributed by atoms with Gasteiger partial charge in [0.15, 0.2) is 0 Å². The molecule has 0 atom stereocenters. The maximum Gasteiger partial charge on any atom is 0.135 e. The molecular formula is C12H11Cl2N3. The summed E-state index contributed by atoms with van der Waals surface area (Å²) in [4.78, 5) is 8.45. The van der Waals surface area contributed by atoms with Crippen molar-refractivity contribution in [3.05, 3.63) is 39.8 Å². The van der Waals surface area contributed by atoms with E-state index in [2.05, 4.69) is 9.97 Å². The van der Waals surface area contributed by atoms with E-state index in [1.54, 1.807) is 12.1 Å². The molecule has 3 nitrogen and oxygen atoms in total. The van der Waals surface area contributed by atoms with Crippen molar-refractivity contribution < 1.29 is 0 Å². The topological polar surface area (TPSA) is 51.8 Å². The van der Waals surface area contributed by atoms with Gasteiger partial charge in [0.1, 0.15) is 11.6 Å². The highest BCUT2D eigenvalue weighted by molar-refractivity contribution is 6.42. The van der Waals surface area contributed by atoms with Gasteiger partial charge in [0, 0.05) is 5.56 Å². The number of anilines is 1. The molecule has 2 N–H and O–H groups in total. The Morgan fingerprint density at radius 1 is 1.06 bits per heavy atom. The number of aryl methyl sites for hydroxylation is 2. The second-order valence-corrected chi connectivity index (χ2v) is 4.56. The number of nitrogen functional groups attached to an aromatic ring is 1. The van der Waals surface area contributed by atoms with Crippen LogP contribution < -0.4 is 5.73 Å². The molecule has 0 aliphatic heterocycles. The molecule has 0 saturated carbocycles. The van der Waals surface area contributed by atoms with Crippen molar-refractivity contribution in [3.8, 4) is 11.1 Å². The molecule has 0 aliphatic rings. The summed E-state index contributed by atoms with van der Waals surface area (Å²) in [6, 6.07) is 5.35. The van der Waals surface area contributed by atoms with Gasteiger partial charge in [-0.1, -0.05) is 29.3 Å². The maximum atomic E-state index is 5.99. The minimum atomic E-state index is 0.452. The van der Waals surface area contributed by atoms with E-state index in [4.69, 9.17) is 28.9 Å². The van der Waals surface area contributed by atoms with Crippen LogP contribution in [0.1, 0.15) is 11.5 Å². The van der Waals surface area contributed by atoms with Crippen molar-refractivity contribution in [3.63, 3.8) is 0 Å². The summed E-state index contributed by atoms with van der Waals surface area (Å²) in [6.45, 7) is 3.70. The fourth-order valence-electron chi connectivity index (χ4n) is 1.75. The van der Waals surface area contributed by atoms with Crippen LogP contribution in [0.25, 0.3) is 11.1 Å². The van der Waals surface area contributed by atoms with Crippen LogP contribution in [0, 0.1) is 13.8 Å². The van der Waals surface area contributed by atoms with Crippen molar-refractivity contribution in [1.82, 2.24) is 9.97 Å². The third kappa shape index (κ3) is 2.35. The van der Waals surface area contributed by atoms with Crippen molar-refractivity contribution in [2.45, 2.75) is 13.8 Å². The van der Waals surface area contributed by atoms with E-state index in [-0.39, 0.29) is 0 Å². The fourth-order valence-corrected chi connectivity index (χ4v) is 2.05. The Balaban J connectivity index is 2.64.